The van der Waals surface area contributed by atoms with Gasteiger partial charge in [-0.3, -0.25) is 10.1 Å². The molecule has 1 atom stereocenters. The van der Waals surface area contributed by atoms with Crippen molar-refractivity contribution >= 4 is 39.6 Å². The molecule has 0 radical (unpaired) electrons. The third kappa shape index (κ3) is 4.11. The zero-order valence-corrected chi connectivity index (χ0v) is 17.6. The first-order valence-corrected chi connectivity index (χ1v) is 10.1. The Labute approximate surface area is 173 Å². The van der Waals surface area contributed by atoms with Gasteiger partial charge in [0.05, 0.1) is 25.3 Å². The van der Waals surface area contributed by atoms with Gasteiger partial charge in [-0.05, 0) is 55.1 Å². The normalized spacial score (nSPS) is 15.1. The number of carbonyl (C=O) groups is 1. The lowest BCUT2D eigenvalue weighted by Crippen LogP contribution is -2.34. The van der Waals surface area contributed by atoms with Crippen molar-refractivity contribution in [2.45, 2.75) is 26.2 Å². The van der Waals surface area contributed by atoms with Crippen molar-refractivity contribution in [1.29, 1.82) is 5.26 Å². The van der Waals surface area contributed by atoms with Gasteiger partial charge in [0.2, 0.25) is 0 Å². The Morgan fingerprint density at radius 3 is 2.82 bits per heavy atom. The molecule has 1 aliphatic carbocycles. The number of rotatable bonds is 4. The molecule has 8 heteroatoms. The van der Waals surface area contributed by atoms with E-state index in [1.807, 2.05) is 0 Å². The Balaban J connectivity index is 1.75. The highest BCUT2D eigenvalue weighted by molar-refractivity contribution is 7.80. The second kappa shape index (κ2) is 8.59. The van der Waals surface area contributed by atoms with Crippen LogP contribution in [0.2, 0.25) is 0 Å². The van der Waals surface area contributed by atoms with E-state index in [-0.39, 0.29) is 5.11 Å². The number of thiocarbonyl (C=S) groups is 1. The number of fused-ring (bicyclic) bond motifs is 1. The second-order valence-electron chi connectivity index (χ2n) is 6.64. The summed E-state index contributed by atoms with van der Waals surface area (Å²) in [5.74, 6) is 1.19. The highest BCUT2D eigenvalue weighted by Gasteiger charge is 2.24. The van der Waals surface area contributed by atoms with Gasteiger partial charge in [-0.2, -0.15) is 5.26 Å². The Hall–Kier alpha value is -2.63. The van der Waals surface area contributed by atoms with E-state index in [1.54, 1.807) is 36.6 Å². The predicted octanol–water partition coefficient (Wildman–Crippen LogP) is 3.89. The number of nitrogens with one attached hydrogen (secondary N) is 2. The summed E-state index contributed by atoms with van der Waals surface area (Å²) in [6.45, 7) is 2.22. The first-order chi connectivity index (χ1) is 13.5. The summed E-state index contributed by atoms with van der Waals surface area (Å²) < 4.78 is 10.4. The van der Waals surface area contributed by atoms with Crippen LogP contribution in [0.1, 0.15) is 39.7 Å². The van der Waals surface area contributed by atoms with E-state index in [4.69, 9.17) is 21.7 Å². The van der Waals surface area contributed by atoms with Gasteiger partial charge in [0, 0.05) is 10.9 Å². The molecular formula is C20H21N3O3S2. The average molecular weight is 416 g/mol. The number of thiophene rings is 1. The standard InChI is InChI=1S/C20H21N3O3S2/c1-11-4-6-13-15(10-21)19(28-17(13)8-11)23-20(27)22-18(24)14-7-5-12(25-2)9-16(14)26-3/h5,7,9,11H,4,6,8H2,1-3H3,(H2,22,23,24,27)/t11-/m0/s1. The molecule has 1 heterocycles. The molecule has 146 valence electrons. The molecule has 2 N–H and O–H groups in total. The molecule has 2 aromatic rings. The number of methoxy groups -OCH3 is 2. The van der Waals surface area contributed by atoms with Crippen LogP contribution in [0.25, 0.3) is 0 Å². The predicted molar refractivity (Wildman–Crippen MR) is 113 cm³/mol. The summed E-state index contributed by atoms with van der Waals surface area (Å²) >= 11 is 6.84. The van der Waals surface area contributed by atoms with Gasteiger partial charge in [-0.1, -0.05) is 6.92 Å². The number of hydrogen-bond acceptors (Lipinski definition) is 6. The molecule has 0 saturated heterocycles. The third-order valence-electron chi connectivity index (χ3n) is 4.73. The topological polar surface area (TPSA) is 83.4 Å². The number of benzene rings is 1. The van der Waals surface area contributed by atoms with E-state index in [0.717, 1.165) is 24.8 Å². The summed E-state index contributed by atoms with van der Waals surface area (Å²) in [5, 5.41) is 16.1. The van der Waals surface area contributed by atoms with Crippen LogP contribution in [0.15, 0.2) is 18.2 Å². The van der Waals surface area contributed by atoms with Crippen LogP contribution >= 0.6 is 23.6 Å². The molecule has 0 spiro atoms. The maximum Gasteiger partial charge on any atom is 0.261 e. The summed E-state index contributed by atoms with van der Waals surface area (Å²) in [7, 11) is 3.03. The van der Waals surface area contributed by atoms with Crippen LogP contribution in [0.4, 0.5) is 5.00 Å². The highest BCUT2D eigenvalue weighted by atomic mass is 32.1. The van der Waals surface area contributed by atoms with Crippen molar-refractivity contribution in [2.75, 3.05) is 19.5 Å². The monoisotopic (exact) mass is 415 g/mol. The van der Waals surface area contributed by atoms with Crippen LogP contribution in [-0.4, -0.2) is 25.2 Å². The van der Waals surface area contributed by atoms with Crippen molar-refractivity contribution in [3.63, 3.8) is 0 Å². The first kappa shape index (κ1) is 20.1. The molecule has 1 amide bonds. The molecule has 6 nitrogen and oxygen atoms in total. The Kier molecular flexibility index (Phi) is 6.17. The maximum atomic E-state index is 12.6. The number of hydrogen-bond donors (Lipinski definition) is 2. The van der Waals surface area contributed by atoms with Gasteiger partial charge in [-0.25, -0.2) is 0 Å². The van der Waals surface area contributed by atoms with Crippen LogP contribution in [0.3, 0.4) is 0 Å². The van der Waals surface area contributed by atoms with Crippen LogP contribution < -0.4 is 20.1 Å². The summed E-state index contributed by atoms with van der Waals surface area (Å²) in [6.07, 6.45) is 2.95. The molecule has 0 bridgehead atoms. The van der Waals surface area contributed by atoms with E-state index in [9.17, 15) is 10.1 Å². The van der Waals surface area contributed by atoms with E-state index < -0.39 is 5.91 Å². The summed E-state index contributed by atoms with van der Waals surface area (Å²) in [5.41, 5.74) is 2.08. The van der Waals surface area contributed by atoms with Crippen LogP contribution in [-0.2, 0) is 12.8 Å². The molecule has 1 aliphatic rings. The molecule has 1 aromatic heterocycles. The van der Waals surface area contributed by atoms with E-state index in [0.29, 0.717) is 33.5 Å². The zero-order valence-electron chi connectivity index (χ0n) is 15.9. The van der Waals surface area contributed by atoms with E-state index >= 15 is 0 Å². The molecule has 3 rings (SSSR count). The van der Waals surface area contributed by atoms with E-state index in [1.165, 1.54) is 12.0 Å². The number of nitrogens with zero attached hydrogens (tertiary/aromatic N) is 1. The van der Waals surface area contributed by atoms with Crippen molar-refractivity contribution in [2.24, 2.45) is 5.92 Å². The molecule has 1 aromatic carbocycles. The lowest BCUT2D eigenvalue weighted by molar-refractivity contribution is 0.0974. The molecule has 0 unspecified atom stereocenters. The van der Waals surface area contributed by atoms with Crippen LogP contribution in [0, 0.1) is 17.2 Å². The molecule has 0 aliphatic heterocycles. The molecule has 0 saturated carbocycles. The largest absolute Gasteiger partial charge is 0.497 e. The SMILES string of the molecule is COc1ccc(C(=O)NC(=S)Nc2sc3c(c2C#N)CC[C@H](C)C3)c(OC)c1. The fourth-order valence-corrected chi connectivity index (χ4v) is 4.87. The lowest BCUT2D eigenvalue weighted by atomic mass is 9.89. The van der Waals surface area contributed by atoms with Crippen molar-refractivity contribution in [3.05, 3.63) is 39.8 Å². The van der Waals surface area contributed by atoms with Crippen molar-refractivity contribution in [1.82, 2.24) is 5.32 Å². The Morgan fingerprint density at radius 2 is 2.14 bits per heavy atom. The van der Waals surface area contributed by atoms with Gasteiger partial charge in [0.25, 0.3) is 5.91 Å². The fraction of sp³-hybridized carbons (Fsp3) is 0.350. The van der Waals surface area contributed by atoms with E-state index in [2.05, 4.69) is 23.6 Å². The lowest BCUT2D eigenvalue weighted by Gasteiger charge is -2.17. The average Bonchev–Trinajstić information content (AvgIpc) is 3.02. The van der Waals surface area contributed by atoms with Gasteiger partial charge in [-0.15, -0.1) is 11.3 Å². The number of ether oxygens (including phenoxy) is 2. The molecular weight excluding hydrogens is 394 g/mol. The maximum absolute atomic E-state index is 12.6. The minimum Gasteiger partial charge on any atom is -0.497 e. The minimum atomic E-state index is -0.398. The highest BCUT2D eigenvalue weighted by Crippen LogP contribution is 2.39. The zero-order chi connectivity index (χ0) is 20.3. The van der Waals surface area contributed by atoms with Gasteiger partial charge < -0.3 is 14.8 Å². The van der Waals surface area contributed by atoms with Gasteiger partial charge in [0.1, 0.15) is 22.6 Å². The minimum absolute atomic E-state index is 0.144. The van der Waals surface area contributed by atoms with Gasteiger partial charge >= 0.3 is 0 Å². The fourth-order valence-electron chi connectivity index (χ4n) is 3.25. The number of anilines is 1. The Morgan fingerprint density at radius 1 is 1.36 bits per heavy atom. The molecule has 0 fully saturated rings. The third-order valence-corrected chi connectivity index (χ3v) is 6.10. The number of carbonyl (C=O) groups excluding carboxylic acids is 1. The first-order valence-electron chi connectivity index (χ1n) is 8.85. The summed E-state index contributed by atoms with van der Waals surface area (Å²) in [6, 6.07) is 7.20. The second-order valence-corrected chi connectivity index (χ2v) is 8.16. The van der Waals surface area contributed by atoms with Crippen LogP contribution in [0.5, 0.6) is 11.5 Å². The number of nitriles is 1. The van der Waals surface area contributed by atoms with Crippen molar-refractivity contribution in [3.8, 4) is 17.6 Å². The quantitative estimate of drug-likeness (QED) is 0.737. The van der Waals surface area contributed by atoms with Crippen molar-refractivity contribution < 1.29 is 14.3 Å². The number of amides is 1. The van der Waals surface area contributed by atoms with Gasteiger partial charge in [0.15, 0.2) is 5.11 Å². The smallest absolute Gasteiger partial charge is 0.261 e. The molecule has 28 heavy (non-hydrogen) atoms. The Bertz CT molecular complexity index is 962. The summed E-state index contributed by atoms with van der Waals surface area (Å²) in [4.78, 5) is 13.8.